The number of unbranched alkanes of at least 4 members (excludes halogenated alkanes) is 48. The molecule has 14 nitrogen and oxygen atoms in total. The van der Waals surface area contributed by atoms with Crippen molar-refractivity contribution in [3.8, 4) is 0 Å². The Hall–Kier alpha value is -4.96. The van der Waals surface area contributed by atoms with Gasteiger partial charge in [-0.1, -0.05) is 403 Å². The second-order valence-electron chi connectivity index (χ2n) is 36.2. The molecular formula is C116H212O14. The summed E-state index contributed by atoms with van der Waals surface area (Å²) in [6.07, 6.45) is 118. The second kappa shape index (κ2) is 113. The molecule has 4 N–H and O–H groups in total. The van der Waals surface area contributed by atoms with Gasteiger partial charge in [0.15, 0.2) is 12.6 Å². The Labute approximate surface area is 803 Å². The lowest BCUT2D eigenvalue weighted by Crippen LogP contribution is -2.32. The Kier molecular flexibility index (Phi) is 114. The minimum atomic E-state index is -1.02. The van der Waals surface area contributed by atoms with Crippen molar-refractivity contribution in [2.24, 2.45) is 0 Å². The summed E-state index contributed by atoms with van der Waals surface area (Å²) in [5.74, 6) is -1.12. The van der Waals surface area contributed by atoms with E-state index in [1.807, 2.05) is 0 Å². The molecule has 0 spiro atoms. The van der Waals surface area contributed by atoms with Crippen molar-refractivity contribution in [1.29, 1.82) is 0 Å². The Morgan fingerprint density at radius 1 is 0.215 bits per heavy atom. The van der Waals surface area contributed by atoms with Crippen LogP contribution in [-0.4, -0.2) is 108 Å². The normalized spacial score (nSPS) is 13.4. The predicted octanol–water partition coefficient (Wildman–Crippen LogP) is 34.1. The van der Waals surface area contributed by atoms with Crippen molar-refractivity contribution in [3.63, 3.8) is 0 Å². The van der Waals surface area contributed by atoms with E-state index in [4.69, 9.17) is 28.4 Å². The SMILES string of the molecule is C.C.CC/C=C\C/C=C\C/C=C\CCCCCCCC(=O)OCC(COC(=O)CCCCCCC/C=C\C/C=C\CCCCC)OC(O)CCCCCCC/C=C\CCCCCCCC.CCCCC/C=C\C/C=C\CCCCCCCC(=O)OCC(COC(=O)CCCCCCC/C=C\CC(O)CCCCCC)OC(O)CCCCCCC/C=C\CC(O)CCCCCC. The van der Waals surface area contributed by atoms with Crippen LogP contribution in [-0.2, 0) is 47.6 Å². The maximum atomic E-state index is 12.6. The summed E-state index contributed by atoms with van der Waals surface area (Å²) in [5, 5.41) is 41.7. The maximum absolute atomic E-state index is 12.6. The molecule has 0 fully saturated rings. The van der Waals surface area contributed by atoms with E-state index in [2.05, 4.69) is 163 Å². The van der Waals surface area contributed by atoms with Crippen molar-refractivity contribution in [3.05, 3.63) is 122 Å². The largest absolute Gasteiger partial charge is 0.463 e. The van der Waals surface area contributed by atoms with E-state index in [1.165, 1.54) is 154 Å². The number of rotatable bonds is 98. The molecule has 0 aromatic rings. The van der Waals surface area contributed by atoms with E-state index in [0.29, 0.717) is 38.5 Å². The third-order valence-electron chi connectivity index (χ3n) is 23.3. The number of allylic oxidation sites excluding steroid dienone is 18. The van der Waals surface area contributed by atoms with E-state index >= 15 is 0 Å². The van der Waals surface area contributed by atoms with Crippen molar-refractivity contribution in [2.45, 2.75) is 569 Å². The van der Waals surface area contributed by atoms with Crippen LogP contribution in [0.25, 0.3) is 0 Å². The lowest BCUT2D eigenvalue weighted by molar-refractivity contribution is -0.183. The van der Waals surface area contributed by atoms with Crippen LogP contribution in [0, 0.1) is 0 Å². The van der Waals surface area contributed by atoms with Gasteiger partial charge in [0, 0.05) is 25.7 Å². The highest BCUT2D eigenvalue weighted by atomic mass is 16.7. The lowest BCUT2D eigenvalue weighted by atomic mass is 10.1. The number of hydrogen-bond donors (Lipinski definition) is 4. The first kappa shape index (κ1) is 131. The Morgan fingerprint density at radius 3 is 0.662 bits per heavy atom. The molecule has 0 aromatic carbocycles. The number of carbonyl (C=O) groups excluding carboxylic acids is 4. The second-order valence-corrected chi connectivity index (χ2v) is 36.2. The van der Waals surface area contributed by atoms with Gasteiger partial charge in [-0.15, -0.1) is 0 Å². The summed E-state index contributed by atoms with van der Waals surface area (Å²) in [6, 6.07) is 0. The van der Waals surface area contributed by atoms with E-state index in [9.17, 15) is 39.6 Å². The molecule has 0 saturated carbocycles. The Balaban J connectivity index is -0.00000120. The molecule has 0 heterocycles. The Bertz CT molecular complexity index is 2630. The fourth-order valence-corrected chi connectivity index (χ4v) is 15.1. The highest BCUT2D eigenvalue weighted by Crippen LogP contribution is 2.21. The first-order valence-corrected chi connectivity index (χ1v) is 54.0. The summed E-state index contributed by atoms with van der Waals surface area (Å²) < 4.78 is 34.1. The van der Waals surface area contributed by atoms with Crippen LogP contribution in [0.1, 0.15) is 532 Å². The standard InChI is InChI=1S/C57H104O8.C57H100O6.2CH4/c1-4-7-10-13-14-15-16-17-18-19-20-21-28-33-40-47-55(60)63-50-54(65-57(62)49-42-35-30-25-23-27-32-39-46-53(59)44-37-12-9-6-3)51-64-56(61)48-41-34-29-24-22-26-31-38-45-52(58)43-36-11-8-5-2;1-4-7-10-13-16-19-22-25-28-31-34-37-40-43-46-49-55(58)61-52-54(63-57(60)51-48-45-42-39-36-33-30-27-24-21-18-15-12-9-6-3)53-62-56(59)50-47-44-41-38-35-32-29-26-23-20-17-14-11-8-5-2;;/h14-15,17-18,31-32,38-39,52-54,57-59,62H,4-13,16,19-30,33-37,40-51H2,1-3H3;7,10,16-17,19-20,25-30,54,57,60H,4-6,8-9,11-15,18,21-24,31-53H2,1-3H3;2*1H4/b15-14-,18-17-,38-31-,39-32-;10-7-,19-16-,20-17-,28-25-,29-26-,30-27-;;. The predicted molar refractivity (Wildman–Crippen MR) is 558 cm³/mol. The topological polar surface area (TPSA) is 205 Å². The monoisotopic (exact) mass is 1830 g/mol. The zero-order valence-corrected chi connectivity index (χ0v) is 84.0. The first-order valence-electron chi connectivity index (χ1n) is 54.0. The van der Waals surface area contributed by atoms with Gasteiger partial charge in [-0.2, -0.15) is 0 Å². The van der Waals surface area contributed by atoms with Crippen LogP contribution in [0.15, 0.2) is 122 Å². The molecule has 6 atom stereocenters. The molecule has 0 rings (SSSR count). The van der Waals surface area contributed by atoms with Gasteiger partial charge in [0.05, 0.1) is 12.2 Å². The third kappa shape index (κ3) is 110. The molecule has 0 radical (unpaired) electrons. The number of ether oxygens (including phenoxy) is 6. The van der Waals surface area contributed by atoms with Crippen molar-refractivity contribution < 1.29 is 68.0 Å². The number of aliphatic hydroxyl groups is 4. The van der Waals surface area contributed by atoms with Gasteiger partial charge in [0.25, 0.3) is 0 Å². The summed E-state index contributed by atoms with van der Waals surface area (Å²) in [4.78, 5) is 50.5. The van der Waals surface area contributed by atoms with Crippen LogP contribution in [0.3, 0.4) is 0 Å². The van der Waals surface area contributed by atoms with Gasteiger partial charge in [-0.05, 0) is 225 Å². The van der Waals surface area contributed by atoms with Crippen LogP contribution in [0.2, 0.25) is 0 Å². The quantitative estimate of drug-likeness (QED) is 0.0147. The molecule has 0 aliphatic heterocycles. The number of aliphatic hydroxyl groups excluding tert-OH is 4. The molecule has 0 bridgehead atoms. The van der Waals surface area contributed by atoms with E-state index in [1.54, 1.807) is 0 Å². The zero-order chi connectivity index (χ0) is 93.3. The lowest BCUT2D eigenvalue weighted by Gasteiger charge is -2.21. The minimum Gasteiger partial charge on any atom is -0.463 e. The summed E-state index contributed by atoms with van der Waals surface area (Å²) in [7, 11) is 0. The van der Waals surface area contributed by atoms with Gasteiger partial charge in [0.1, 0.15) is 38.6 Å². The molecule has 6 unspecified atom stereocenters. The number of hydrogen-bond acceptors (Lipinski definition) is 14. The van der Waals surface area contributed by atoms with Crippen LogP contribution in [0.5, 0.6) is 0 Å². The molecular weight excluding hydrogens is 1620 g/mol. The smallest absolute Gasteiger partial charge is 0.305 e. The van der Waals surface area contributed by atoms with E-state index < -0.39 is 24.8 Å². The summed E-state index contributed by atoms with van der Waals surface area (Å²) >= 11 is 0. The van der Waals surface area contributed by atoms with Gasteiger partial charge < -0.3 is 48.8 Å². The molecule has 0 saturated heterocycles. The van der Waals surface area contributed by atoms with Crippen LogP contribution < -0.4 is 0 Å². The van der Waals surface area contributed by atoms with Crippen molar-refractivity contribution >= 4 is 23.9 Å². The summed E-state index contributed by atoms with van der Waals surface area (Å²) in [5.41, 5.74) is 0. The Morgan fingerprint density at radius 2 is 0.400 bits per heavy atom. The van der Waals surface area contributed by atoms with Crippen molar-refractivity contribution in [2.75, 3.05) is 26.4 Å². The van der Waals surface area contributed by atoms with E-state index in [-0.39, 0.29) is 77.4 Å². The molecule has 0 aromatic heterocycles. The zero-order valence-electron chi connectivity index (χ0n) is 84.0. The fraction of sp³-hybridized carbons (Fsp3) is 0.793. The highest BCUT2D eigenvalue weighted by molar-refractivity contribution is 5.70. The average Bonchev–Trinajstić information content (AvgIpc) is 0.944. The molecule has 130 heavy (non-hydrogen) atoms. The molecule has 0 amide bonds. The number of esters is 4. The molecule has 0 aliphatic rings. The molecule has 0 aliphatic carbocycles. The summed E-state index contributed by atoms with van der Waals surface area (Å²) in [6.45, 7) is 13.1. The average molecular weight is 1830 g/mol. The number of carbonyl (C=O) groups is 4. The first-order chi connectivity index (χ1) is 62.8. The fourth-order valence-electron chi connectivity index (χ4n) is 15.1. The van der Waals surface area contributed by atoms with Gasteiger partial charge in [0.2, 0.25) is 0 Å². The van der Waals surface area contributed by atoms with Gasteiger partial charge in [-0.3, -0.25) is 19.2 Å². The maximum Gasteiger partial charge on any atom is 0.305 e. The van der Waals surface area contributed by atoms with Gasteiger partial charge >= 0.3 is 23.9 Å². The van der Waals surface area contributed by atoms with Crippen molar-refractivity contribution in [1.82, 2.24) is 0 Å². The third-order valence-corrected chi connectivity index (χ3v) is 23.3. The molecule has 14 heteroatoms. The van der Waals surface area contributed by atoms with E-state index in [0.717, 1.165) is 283 Å². The van der Waals surface area contributed by atoms with Crippen LogP contribution >= 0.6 is 0 Å². The minimum absolute atomic E-state index is 0. The van der Waals surface area contributed by atoms with Crippen LogP contribution in [0.4, 0.5) is 0 Å². The molecule has 760 valence electrons. The highest BCUT2D eigenvalue weighted by Gasteiger charge is 2.22. The van der Waals surface area contributed by atoms with Gasteiger partial charge in [-0.25, -0.2) is 0 Å².